The van der Waals surface area contributed by atoms with Crippen LogP contribution in [-0.2, 0) is 6.42 Å². The highest BCUT2D eigenvalue weighted by atomic mass is 32.1. The summed E-state index contributed by atoms with van der Waals surface area (Å²) < 4.78 is 0.978. The molecule has 0 aliphatic rings. The quantitative estimate of drug-likeness (QED) is 0.724. The second-order valence-electron chi connectivity index (χ2n) is 4.97. The van der Waals surface area contributed by atoms with Gasteiger partial charge in [0, 0.05) is 5.69 Å². The first kappa shape index (κ1) is 12.9. The van der Waals surface area contributed by atoms with Gasteiger partial charge in [0.2, 0.25) is 0 Å². The largest absolute Gasteiger partial charge is 0.399 e. The number of nitrogen functional groups attached to an aromatic ring is 2. The fraction of sp³-hybridized carbons (Fsp3) is 0.200. The third-order valence-electron chi connectivity index (χ3n) is 3.46. The Kier molecular flexibility index (Phi) is 3.28. The van der Waals surface area contributed by atoms with Gasteiger partial charge in [0.15, 0.2) is 0 Å². The minimum atomic E-state index is 0.377. The van der Waals surface area contributed by atoms with Crippen molar-refractivity contribution in [1.82, 2.24) is 9.97 Å². The second-order valence-corrected chi connectivity index (χ2v) is 5.85. The van der Waals surface area contributed by atoms with E-state index in [-0.39, 0.29) is 0 Å². The van der Waals surface area contributed by atoms with E-state index < -0.39 is 0 Å². The lowest BCUT2D eigenvalue weighted by atomic mass is 9.95. The molecule has 0 saturated heterocycles. The lowest BCUT2D eigenvalue weighted by Crippen LogP contribution is -1.99. The molecule has 20 heavy (non-hydrogen) atoms. The average molecular weight is 284 g/mol. The topological polar surface area (TPSA) is 77.8 Å². The molecule has 1 unspecified atom stereocenters. The van der Waals surface area contributed by atoms with Gasteiger partial charge in [-0.15, -0.1) is 11.3 Å². The van der Waals surface area contributed by atoms with Crippen molar-refractivity contribution in [2.75, 3.05) is 11.5 Å². The number of rotatable bonds is 3. The van der Waals surface area contributed by atoms with Crippen LogP contribution in [0.1, 0.15) is 24.0 Å². The van der Waals surface area contributed by atoms with Gasteiger partial charge in [-0.25, -0.2) is 9.97 Å². The normalized spacial score (nSPS) is 12.7. The van der Waals surface area contributed by atoms with E-state index in [4.69, 9.17) is 11.5 Å². The molecule has 2 aromatic heterocycles. The lowest BCUT2D eigenvalue weighted by molar-refractivity contribution is 0.766. The van der Waals surface area contributed by atoms with Crippen molar-refractivity contribution in [3.63, 3.8) is 0 Å². The van der Waals surface area contributed by atoms with Crippen molar-refractivity contribution in [2.45, 2.75) is 19.3 Å². The Balaban J connectivity index is 1.91. The summed E-state index contributed by atoms with van der Waals surface area (Å²) in [5.41, 5.74) is 15.9. The summed E-state index contributed by atoms with van der Waals surface area (Å²) in [6.07, 6.45) is 2.49. The van der Waals surface area contributed by atoms with Crippen LogP contribution in [0.3, 0.4) is 0 Å². The Hall–Kier alpha value is -2.14. The third kappa shape index (κ3) is 2.32. The van der Waals surface area contributed by atoms with Crippen molar-refractivity contribution < 1.29 is 0 Å². The van der Waals surface area contributed by atoms with E-state index in [2.05, 4.69) is 34.4 Å². The molecule has 4 N–H and O–H groups in total. The maximum atomic E-state index is 5.88. The zero-order chi connectivity index (χ0) is 14.1. The molecule has 0 amide bonds. The monoisotopic (exact) mass is 284 g/mol. The molecule has 4 nitrogen and oxygen atoms in total. The van der Waals surface area contributed by atoms with E-state index in [9.17, 15) is 0 Å². The van der Waals surface area contributed by atoms with Gasteiger partial charge in [-0.3, -0.25) is 0 Å². The Morgan fingerprint density at radius 2 is 1.90 bits per heavy atom. The number of hydrogen-bond donors (Lipinski definition) is 2. The molecule has 0 spiro atoms. The van der Waals surface area contributed by atoms with Gasteiger partial charge in [0.25, 0.3) is 0 Å². The van der Waals surface area contributed by atoms with Crippen molar-refractivity contribution in [3.8, 4) is 0 Å². The van der Waals surface area contributed by atoms with Crippen molar-refractivity contribution >= 4 is 33.1 Å². The van der Waals surface area contributed by atoms with Crippen LogP contribution < -0.4 is 11.5 Å². The fourth-order valence-electron chi connectivity index (χ4n) is 2.35. The van der Waals surface area contributed by atoms with Crippen LogP contribution in [0.15, 0.2) is 36.0 Å². The van der Waals surface area contributed by atoms with Crippen LogP contribution >= 0.6 is 11.3 Å². The molecule has 0 fully saturated rings. The summed E-state index contributed by atoms with van der Waals surface area (Å²) in [6, 6.07) is 8.02. The highest BCUT2D eigenvalue weighted by Crippen LogP contribution is 2.33. The SMILES string of the molecule is CC(Cc1ccc(N)cc1)c1csc2c(N)ncnc12. The molecule has 3 aromatic rings. The van der Waals surface area contributed by atoms with Gasteiger partial charge in [-0.05, 0) is 41.0 Å². The maximum Gasteiger partial charge on any atom is 0.144 e. The first-order valence-electron chi connectivity index (χ1n) is 6.47. The summed E-state index contributed by atoms with van der Waals surface area (Å²) in [4.78, 5) is 8.41. The van der Waals surface area contributed by atoms with Crippen LogP contribution in [0, 0.1) is 0 Å². The average Bonchev–Trinajstić information content (AvgIpc) is 2.87. The Bertz CT molecular complexity index is 733. The number of anilines is 2. The highest BCUT2D eigenvalue weighted by molar-refractivity contribution is 7.17. The van der Waals surface area contributed by atoms with E-state index in [0.29, 0.717) is 11.7 Å². The van der Waals surface area contributed by atoms with E-state index in [0.717, 1.165) is 22.3 Å². The van der Waals surface area contributed by atoms with Crippen LogP contribution in [-0.4, -0.2) is 9.97 Å². The molecule has 1 aromatic carbocycles. The van der Waals surface area contributed by atoms with Gasteiger partial charge in [0.1, 0.15) is 12.1 Å². The number of aromatic nitrogens is 2. The maximum absolute atomic E-state index is 5.88. The number of fused-ring (bicyclic) bond motifs is 1. The number of nitrogens with zero attached hydrogens (tertiary/aromatic N) is 2. The van der Waals surface area contributed by atoms with Crippen molar-refractivity contribution in [1.29, 1.82) is 0 Å². The van der Waals surface area contributed by atoms with Crippen LogP contribution in [0.2, 0.25) is 0 Å². The van der Waals surface area contributed by atoms with Crippen LogP contribution in [0.5, 0.6) is 0 Å². The molecule has 5 heteroatoms. The Morgan fingerprint density at radius 3 is 2.65 bits per heavy atom. The van der Waals surface area contributed by atoms with E-state index in [1.54, 1.807) is 11.3 Å². The smallest absolute Gasteiger partial charge is 0.144 e. The number of hydrogen-bond acceptors (Lipinski definition) is 5. The molecule has 0 bridgehead atoms. The summed E-state index contributed by atoms with van der Waals surface area (Å²) >= 11 is 1.61. The van der Waals surface area contributed by atoms with E-state index in [1.165, 1.54) is 17.5 Å². The first-order valence-corrected chi connectivity index (χ1v) is 7.35. The second kappa shape index (κ2) is 5.09. The highest BCUT2D eigenvalue weighted by Gasteiger charge is 2.15. The molecule has 0 aliphatic heterocycles. The van der Waals surface area contributed by atoms with Gasteiger partial charge in [-0.1, -0.05) is 19.1 Å². The minimum absolute atomic E-state index is 0.377. The summed E-state index contributed by atoms with van der Waals surface area (Å²) in [7, 11) is 0. The minimum Gasteiger partial charge on any atom is -0.399 e. The van der Waals surface area contributed by atoms with Gasteiger partial charge < -0.3 is 11.5 Å². The zero-order valence-corrected chi connectivity index (χ0v) is 12.0. The Labute approximate surface area is 121 Å². The molecule has 0 saturated carbocycles. The standard InChI is InChI=1S/C15H16N4S/c1-9(6-10-2-4-11(16)5-3-10)12-7-20-14-13(12)18-8-19-15(14)17/h2-5,7-9H,6,16H2,1H3,(H2,17,18,19). The summed E-state index contributed by atoms with van der Waals surface area (Å²) in [6.45, 7) is 2.20. The van der Waals surface area contributed by atoms with E-state index in [1.807, 2.05) is 12.1 Å². The first-order chi connectivity index (χ1) is 9.65. The zero-order valence-electron chi connectivity index (χ0n) is 11.2. The molecule has 3 rings (SSSR count). The third-order valence-corrected chi connectivity index (χ3v) is 4.47. The number of thiophene rings is 1. The number of nitrogens with two attached hydrogens (primary N) is 2. The van der Waals surface area contributed by atoms with Crippen molar-refractivity contribution in [2.24, 2.45) is 0 Å². The Morgan fingerprint density at radius 1 is 1.15 bits per heavy atom. The lowest BCUT2D eigenvalue weighted by Gasteiger charge is -2.10. The summed E-state index contributed by atoms with van der Waals surface area (Å²) in [5, 5.41) is 2.14. The van der Waals surface area contributed by atoms with Crippen LogP contribution in [0.4, 0.5) is 11.5 Å². The van der Waals surface area contributed by atoms with Gasteiger partial charge in [0.05, 0.1) is 10.2 Å². The molecular formula is C15H16N4S. The predicted molar refractivity (Wildman–Crippen MR) is 84.8 cm³/mol. The molecule has 2 heterocycles. The van der Waals surface area contributed by atoms with Crippen LogP contribution in [0.25, 0.3) is 10.2 Å². The predicted octanol–water partition coefficient (Wildman–Crippen LogP) is 3.20. The van der Waals surface area contributed by atoms with E-state index >= 15 is 0 Å². The molecule has 102 valence electrons. The van der Waals surface area contributed by atoms with Gasteiger partial charge >= 0.3 is 0 Å². The molecule has 0 aliphatic carbocycles. The fourth-order valence-corrected chi connectivity index (χ4v) is 3.40. The number of benzene rings is 1. The molecular weight excluding hydrogens is 268 g/mol. The summed E-state index contributed by atoms with van der Waals surface area (Å²) in [5.74, 6) is 0.938. The molecule has 0 radical (unpaired) electrons. The van der Waals surface area contributed by atoms with Crippen molar-refractivity contribution in [3.05, 3.63) is 47.1 Å². The van der Waals surface area contributed by atoms with Gasteiger partial charge in [-0.2, -0.15) is 0 Å². The molecule has 1 atom stereocenters.